The average molecular weight is 379 g/mol. The number of carbonyl (C=O) groups is 3. The van der Waals surface area contributed by atoms with Crippen LogP contribution in [0.4, 0.5) is 11.4 Å². The van der Waals surface area contributed by atoms with Crippen LogP contribution in [0.1, 0.15) is 20.0 Å². The Kier molecular flexibility index (Phi) is 5.96. The number of benzene rings is 2. The van der Waals surface area contributed by atoms with Crippen LogP contribution in [0, 0.1) is 0 Å². The first-order chi connectivity index (χ1) is 13.1. The predicted molar refractivity (Wildman–Crippen MR) is 106 cm³/mol. The van der Waals surface area contributed by atoms with E-state index in [1.165, 1.54) is 11.3 Å². The SMILES string of the molecule is O=C(CNC(=O)c1ccccc1)Nc1cccc(NC(=O)c2cccs2)c1. The molecule has 2 aromatic carbocycles. The smallest absolute Gasteiger partial charge is 0.265 e. The zero-order chi connectivity index (χ0) is 19.1. The monoisotopic (exact) mass is 379 g/mol. The van der Waals surface area contributed by atoms with Crippen molar-refractivity contribution in [3.05, 3.63) is 82.6 Å². The number of carbonyl (C=O) groups excluding carboxylic acids is 3. The molecule has 0 aliphatic rings. The highest BCUT2D eigenvalue weighted by molar-refractivity contribution is 7.12. The molecule has 136 valence electrons. The van der Waals surface area contributed by atoms with Crippen LogP contribution in [-0.2, 0) is 4.79 Å². The fourth-order valence-corrected chi connectivity index (χ4v) is 2.95. The van der Waals surface area contributed by atoms with Crippen molar-refractivity contribution < 1.29 is 14.4 Å². The van der Waals surface area contributed by atoms with Gasteiger partial charge in [0.05, 0.1) is 11.4 Å². The van der Waals surface area contributed by atoms with Crippen LogP contribution in [0.3, 0.4) is 0 Å². The van der Waals surface area contributed by atoms with Crippen molar-refractivity contribution in [3.8, 4) is 0 Å². The Hall–Kier alpha value is -3.45. The van der Waals surface area contributed by atoms with Crippen molar-refractivity contribution in [1.29, 1.82) is 0 Å². The molecule has 3 aromatic rings. The minimum Gasteiger partial charge on any atom is -0.343 e. The van der Waals surface area contributed by atoms with Crippen molar-refractivity contribution in [2.75, 3.05) is 17.2 Å². The van der Waals surface area contributed by atoms with E-state index in [0.717, 1.165) is 0 Å². The quantitative estimate of drug-likeness (QED) is 0.614. The predicted octanol–water partition coefficient (Wildman–Crippen LogP) is 3.37. The van der Waals surface area contributed by atoms with E-state index in [9.17, 15) is 14.4 Å². The summed E-state index contributed by atoms with van der Waals surface area (Å²) in [6.07, 6.45) is 0. The van der Waals surface area contributed by atoms with Gasteiger partial charge >= 0.3 is 0 Å². The van der Waals surface area contributed by atoms with Crippen molar-refractivity contribution in [2.45, 2.75) is 0 Å². The van der Waals surface area contributed by atoms with Gasteiger partial charge < -0.3 is 16.0 Å². The molecule has 0 aliphatic heterocycles. The third-order valence-electron chi connectivity index (χ3n) is 3.59. The van der Waals surface area contributed by atoms with Gasteiger partial charge in [-0.15, -0.1) is 11.3 Å². The summed E-state index contributed by atoms with van der Waals surface area (Å²) in [7, 11) is 0. The van der Waals surface area contributed by atoms with E-state index >= 15 is 0 Å². The molecule has 0 saturated heterocycles. The standard InChI is InChI=1S/C20H17N3O3S/c24-18(13-21-19(25)14-6-2-1-3-7-14)22-15-8-4-9-16(12-15)23-20(26)17-10-5-11-27-17/h1-12H,13H2,(H,21,25)(H,22,24)(H,23,26). The summed E-state index contributed by atoms with van der Waals surface area (Å²) in [5, 5.41) is 9.87. The topological polar surface area (TPSA) is 87.3 Å². The molecule has 1 aromatic heterocycles. The zero-order valence-electron chi connectivity index (χ0n) is 14.3. The summed E-state index contributed by atoms with van der Waals surface area (Å²) >= 11 is 1.35. The lowest BCUT2D eigenvalue weighted by Gasteiger charge is -2.09. The summed E-state index contributed by atoms with van der Waals surface area (Å²) < 4.78 is 0. The van der Waals surface area contributed by atoms with Crippen LogP contribution in [0.5, 0.6) is 0 Å². The number of hydrogen-bond donors (Lipinski definition) is 3. The first-order valence-electron chi connectivity index (χ1n) is 8.20. The highest BCUT2D eigenvalue weighted by atomic mass is 32.1. The van der Waals surface area contributed by atoms with Gasteiger partial charge in [-0.25, -0.2) is 0 Å². The molecule has 0 atom stereocenters. The summed E-state index contributed by atoms with van der Waals surface area (Å²) in [5.74, 6) is -0.882. The van der Waals surface area contributed by atoms with Crippen LogP contribution < -0.4 is 16.0 Å². The normalized spacial score (nSPS) is 10.1. The van der Waals surface area contributed by atoms with Gasteiger partial charge in [0.15, 0.2) is 0 Å². The molecule has 0 saturated carbocycles. The Bertz CT molecular complexity index is 940. The second-order valence-corrected chi connectivity index (χ2v) is 6.56. The Morgan fingerprint density at radius 1 is 0.778 bits per heavy atom. The maximum absolute atomic E-state index is 12.1. The Morgan fingerprint density at radius 2 is 1.52 bits per heavy atom. The van der Waals surface area contributed by atoms with Gasteiger partial charge in [-0.2, -0.15) is 0 Å². The number of anilines is 2. The molecular formula is C20H17N3O3S. The van der Waals surface area contributed by atoms with Crippen molar-refractivity contribution >= 4 is 40.4 Å². The maximum Gasteiger partial charge on any atom is 0.265 e. The van der Waals surface area contributed by atoms with Crippen molar-refractivity contribution in [2.24, 2.45) is 0 Å². The summed E-state index contributed by atoms with van der Waals surface area (Å²) in [5.41, 5.74) is 1.58. The lowest BCUT2D eigenvalue weighted by molar-refractivity contribution is -0.115. The number of hydrogen-bond acceptors (Lipinski definition) is 4. The Morgan fingerprint density at radius 3 is 2.22 bits per heavy atom. The molecule has 1 heterocycles. The van der Waals surface area contributed by atoms with E-state index in [2.05, 4.69) is 16.0 Å². The minimum absolute atomic E-state index is 0.153. The summed E-state index contributed by atoms with van der Waals surface area (Å²) in [6.45, 7) is -0.153. The lowest BCUT2D eigenvalue weighted by atomic mass is 10.2. The van der Waals surface area contributed by atoms with Crippen LogP contribution in [0.2, 0.25) is 0 Å². The number of amides is 3. The molecule has 0 unspecified atom stereocenters. The molecule has 3 amide bonds. The average Bonchev–Trinajstić information content (AvgIpc) is 3.22. The molecule has 0 bridgehead atoms. The van der Waals surface area contributed by atoms with Crippen molar-refractivity contribution in [3.63, 3.8) is 0 Å². The van der Waals surface area contributed by atoms with E-state index in [1.54, 1.807) is 60.7 Å². The second-order valence-electron chi connectivity index (χ2n) is 5.61. The minimum atomic E-state index is -0.360. The van der Waals surface area contributed by atoms with Gasteiger partial charge in [-0.05, 0) is 41.8 Å². The molecule has 27 heavy (non-hydrogen) atoms. The second kappa shape index (κ2) is 8.77. The van der Waals surface area contributed by atoms with E-state index in [1.807, 2.05) is 11.4 Å². The maximum atomic E-state index is 12.1. The Balaban J connectivity index is 1.53. The van der Waals surface area contributed by atoms with Crippen LogP contribution in [-0.4, -0.2) is 24.3 Å². The molecule has 7 heteroatoms. The van der Waals surface area contributed by atoms with E-state index in [-0.39, 0.29) is 24.3 Å². The summed E-state index contributed by atoms with van der Waals surface area (Å²) in [6, 6.07) is 19.0. The molecule has 0 radical (unpaired) electrons. The fourth-order valence-electron chi connectivity index (χ4n) is 2.33. The number of nitrogens with one attached hydrogen (secondary N) is 3. The summed E-state index contributed by atoms with van der Waals surface area (Å²) in [4.78, 5) is 36.7. The van der Waals surface area contributed by atoms with E-state index in [4.69, 9.17) is 0 Å². The molecule has 0 fully saturated rings. The third kappa shape index (κ3) is 5.26. The molecule has 3 N–H and O–H groups in total. The number of rotatable bonds is 6. The van der Waals surface area contributed by atoms with Crippen LogP contribution >= 0.6 is 11.3 Å². The largest absolute Gasteiger partial charge is 0.343 e. The molecule has 3 rings (SSSR count). The Labute approximate surface area is 160 Å². The van der Waals surface area contributed by atoms with Crippen LogP contribution in [0.15, 0.2) is 72.1 Å². The molecule has 6 nitrogen and oxygen atoms in total. The van der Waals surface area contributed by atoms with Crippen LogP contribution in [0.25, 0.3) is 0 Å². The van der Waals surface area contributed by atoms with E-state index in [0.29, 0.717) is 21.8 Å². The van der Waals surface area contributed by atoms with Gasteiger partial charge in [0.25, 0.3) is 11.8 Å². The van der Waals surface area contributed by atoms with Gasteiger partial charge in [-0.3, -0.25) is 14.4 Å². The lowest BCUT2D eigenvalue weighted by Crippen LogP contribution is -2.32. The molecular weight excluding hydrogens is 362 g/mol. The molecule has 0 spiro atoms. The van der Waals surface area contributed by atoms with Gasteiger partial charge in [-0.1, -0.05) is 30.3 Å². The molecule has 0 aliphatic carbocycles. The van der Waals surface area contributed by atoms with Gasteiger partial charge in [0, 0.05) is 16.9 Å². The number of thiophene rings is 1. The first kappa shape index (κ1) is 18.3. The zero-order valence-corrected chi connectivity index (χ0v) is 15.1. The highest BCUT2D eigenvalue weighted by Gasteiger charge is 2.10. The van der Waals surface area contributed by atoms with E-state index < -0.39 is 0 Å². The van der Waals surface area contributed by atoms with Gasteiger partial charge in [0.2, 0.25) is 5.91 Å². The first-order valence-corrected chi connectivity index (χ1v) is 9.08. The fraction of sp³-hybridized carbons (Fsp3) is 0.0500. The third-order valence-corrected chi connectivity index (χ3v) is 4.46. The highest BCUT2D eigenvalue weighted by Crippen LogP contribution is 2.17. The van der Waals surface area contributed by atoms with Gasteiger partial charge in [0.1, 0.15) is 0 Å². The van der Waals surface area contributed by atoms with Crippen molar-refractivity contribution in [1.82, 2.24) is 5.32 Å².